The van der Waals surface area contributed by atoms with Crippen LogP contribution in [0.3, 0.4) is 0 Å². The highest BCUT2D eigenvalue weighted by molar-refractivity contribution is 8.00. The van der Waals surface area contributed by atoms with Gasteiger partial charge < -0.3 is 20.1 Å². The summed E-state index contributed by atoms with van der Waals surface area (Å²) in [6.07, 6.45) is 0.372. The quantitative estimate of drug-likeness (QED) is 0.501. The summed E-state index contributed by atoms with van der Waals surface area (Å²) in [5, 5.41) is 14.0. The summed E-state index contributed by atoms with van der Waals surface area (Å²) in [6, 6.07) is 3.07. The molecule has 0 radical (unpaired) electrons. The van der Waals surface area contributed by atoms with Crippen molar-refractivity contribution in [2.75, 3.05) is 18.9 Å². The van der Waals surface area contributed by atoms with E-state index < -0.39 is 23.4 Å². The van der Waals surface area contributed by atoms with Gasteiger partial charge in [0.15, 0.2) is 0 Å². The lowest BCUT2D eigenvalue weighted by Crippen LogP contribution is -2.74. The average molecular weight is 412 g/mol. The van der Waals surface area contributed by atoms with Crippen LogP contribution in [0.1, 0.15) is 18.2 Å². The van der Waals surface area contributed by atoms with Crippen LogP contribution < -0.4 is 5.32 Å². The average Bonchev–Trinajstić information content (AvgIpc) is 3.16. The molecule has 146 valence electrons. The minimum atomic E-state index is -1.33. The van der Waals surface area contributed by atoms with Gasteiger partial charge in [-0.15, -0.1) is 23.1 Å². The maximum atomic E-state index is 12.4. The van der Waals surface area contributed by atoms with Crippen LogP contribution in [0.2, 0.25) is 0 Å². The zero-order valence-corrected chi connectivity index (χ0v) is 16.3. The number of thiophene rings is 1. The van der Waals surface area contributed by atoms with E-state index in [0.717, 1.165) is 4.88 Å². The van der Waals surface area contributed by atoms with Crippen molar-refractivity contribution in [1.82, 2.24) is 10.2 Å². The molecule has 0 saturated carbocycles. The van der Waals surface area contributed by atoms with Crippen LogP contribution in [0, 0.1) is 5.41 Å². The molecule has 3 rings (SSSR count). The van der Waals surface area contributed by atoms with Crippen molar-refractivity contribution < 1.29 is 29.0 Å². The summed E-state index contributed by atoms with van der Waals surface area (Å²) in [6.45, 7) is 1.32. The number of nitrogens with one attached hydrogen (secondary N) is 1. The van der Waals surface area contributed by atoms with Gasteiger partial charge in [0.1, 0.15) is 23.4 Å². The van der Waals surface area contributed by atoms with Gasteiger partial charge in [0, 0.05) is 23.6 Å². The van der Waals surface area contributed by atoms with Crippen LogP contribution >= 0.6 is 23.1 Å². The van der Waals surface area contributed by atoms with Gasteiger partial charge in [0.05, 0.1) is 6.42 Å². The maximum Gasteiger partial charge on any atom is 0.315 e. The number of hydrogen-bond acceptors (Lipinski definition) is 7. The minimum Gasteiger partial charge on any atom is -0.481 e. The molecule has 0 spiro atoms. The third-order valence-electron chi connectivity index (χ3n) is 4.63. The van der Waals surface area contributed by atoms with Crippen LogP contribution in [0.25, 0.3) is 0 Å². The Morgan fingerprint density at radius 1 is 1.44 bits per heavy atom. The first-order valence-corrected chi connectivity index (χ1v) is 10.4. The third kappa shape index (κ3) is 3.96. The fourth-order valence-corrected chi connectivity index (χ4v) is 5.25. The Morgan fingerprint density at radius 3 is 2.85 bits per heavy atom. The summed E-state index contributed by atoms with van der Waals surface area (Å²) >= 11 is 2.76. The Bertz CT molecular complexity index is 753. The fraction of sp³-hybridized carbons (Fsp3) is 0.529. The first kappa shape index (κ1) is 19.7. The summed E-state index contributed by atoms with van der Waals surface area (Å²) < 4.78 is 5.05. The maximum absolute atomic E-state index is 12.4. The molecule has 1 aromatic heterocycles. The van der Waals surface area contributed by atoms with E-state index in [4.69, 9.17) is 4.74 Å². The topological polar surface area (TPSA) is 113 Å². The van der Waals surface area contributed by atoms with E-state index in [1.54, 1.807) is 6.92 Å². The second kappa shape index (κ2) is 7.89. The summed E-state index contributed by atoms with van der Waals surface area (Å²) in [7, 11) is 0. The number of rotatable bonds is 7. The summed E-state index contributed by atoms with van der Waals surface area (Å²) in [5.41, 5.74) is -1.33. The fourth-order valence-electron chi connectivity index (χ4n) is 3.02. The monoisotopic (exact) mass is 412 g/mol. The number of carboxylic acid groups (broad SMARTS) is 1. The van der Waals surface area contributed by atoms with Crippen molar-refractivity contribution in [3.63, 3.8) is 0 Å². The number of amides is 2. The number of carbonyl (C=O) groups excluding carboxylic acids is 3. The number of β-lactam (4-membered cyclic amide) rings is 1. The molecular formula is C17H20N2O6S2. The first-order valence-electron chi connectivity index (χ1n) is 8.49. The molecule has 2 amide bonds. The Labute approximate surface area is 164 Å². The van der Waals surface area contributed by atoms with Crippen molar-refractivity contribution in [2.45, 2.75) is 31.2 Å². The predicted octanol–water partition coefficient (Wildman–Crippen LogP) is 0.715. The molecule has 2 saturated heterocycles. The lowest BCUT2D eigenvalue weighted by Gasteiger charge is -2.53. The Balaban J connectivity index is 1.60. The van der Waals surface area contributed by atoms with Crippen LogP contribution in [0.5, 0.6) is 0 Å². The highest BCUT2D eigenvalue weighted by atomic mass is 32.2. The molecule has 27 heavy (non-hydrogen) atoms. The second-order valence-corrected chi connectivity index (χ2v) is 8.71. The lowest BCUT2D eigenvalue weighted by molar-refractivity contribution is -0.165. The van der Waals surface area contributed by atoms with E-state index in [9.17, 15) is 24.3 Å². The molecule has 2 aliphatic heterocycles. The van der Waals surface area contributed by atoms with E-state index in [1.807, 2.05) is 17.5 Å². The van der Waals surface area contributed by atoms with Crippen LogP contribution in [0.15, 0.2) is 17.5 Å². The number of esters is 1. The Morgan fingerprint density at radius 2 is 2.22 bits per heavy atom. The van der Waals surface area contributed by atoms with Gasteiger partial charge in [0.25, 0.3) is 0 Å². The van der Waals surface area contributed by atoms with Gasteiger partial charge >= 0.3 is 11.9 Å². The standard InChI is InChI=1S/C17H20N2O6S2/c1-2-12(21)25-8-17(16(23)24)7-19-14(22)13(15(19)27-9-17)18-11(20)6-10-4-3-5-26-10/h3-5,13,15H,2,6-9H2,1H3,(H,18,20)(H,23,24)/t13?,15-,17?/m1/s1. The van der Waals surface area contributed by atoms with E-state index >= 15 is 0 Å². The van der Waals surface area contributed by atoms with E-state index in [0.29, 0.717) is 0 Å². The van der Waals surface area contributed by atoms with Gasteiger partial charge in [-0.1, -0.05) is 13.0 Å². The zero-order valence-electron chi connectivity index (χ0n) is 14.7. The van der Waals surface area contributed by atoms with E-state index in [-0.39, 0.29) is 48.9 Å². The van der Waals surface area contributed by atoms with Crippen molar-refractivity contribution in [1.29, 1.82) is 0 Å². The number of thioether (sulfide) groups is 1. The molecule has 8 nitrogen and oxygen atoms in total. The molecule has 0 bridgehead atoms. The molecule has 3 heterocycles. The molecule has 10 heteroatoms. The van der Waals surface area contributed by atoms with Crippen molar-refractivity contribution in [3.8, 4) is 0 Å². The lowest BCUT2D eigenvalue weighted by atomic mass is 9.88. The molecule has 2 N–H and O–H groups in total. The predicted molar refractivity (Wildman–Crippen MR) is 99.2 cm³/mol. The van der Waals surface area contributed by atoms with Crippen molar-refractivity contribution in [2.24, 2.45) is 5.41 Å². The van der Waals surface area contributed by atoms with Crippen molar-refractivity contribution in [3.05, 3.63) is 22.4 Å². The molecule has 3 atom stereocenters. The number of carbonyl (C=O) groups is 4. The number of fused-ring (bicyclic) bond motifs is 1. The summed E-state index contributed by atoms with van der Waals surface area (Å²) in [5.74, 6) is -1.92. The van der Waals surface area contributed by atoms with Crippen molar-refractivity contribution >= 4 is 46.9 Å². The first-order chi connectivity index (χ1) is 12.9. The van der Waals surface area contributed by atoms with Gasteiger partial charge in [-0.05, 0) is 11.4 Å². The van der Waals surface area contributed by atoms with Gasteiger partial charge in [0.2, 0.25) is 11.8 Å². The van der Waals surface area contributed by atoms with Crippen LogP contribution in [-0.4, -0.2) is 64.1 Å². The largest absolute Gasteiger partial charge is 0.481 e. The number of carboxylic acids is 1. The molecule has 0 aliphatic carbocycles. The molecular weight excluding hydrogens is 392 g/mol. The molecule has 2 unspecified atom stereocenters. The minimum absolute atomic E-state index is 0.0346. The summed E-state index contributed by atoms with van der Waals surface area (Å²) in [4.78, 5) is 50.1. The van der Waals surface area contributed by atoms with Crippen LogP contribution in [0.4, 0.5) is 0 Å². The molecule has 2 fully saturated rings. The highest BCUT2D eigenvalue weighted by Crippen LogP contribution is 2.42. The molecule has 1 aromatic rings. The van der Waals surface area contributed by atoms with Gasteiger partial charge in [-0.3, -0.25) is 19.2 Å². The number of ether oxygens (including phenoxy) is 1. The number of aliphatic carboxylic acids is 1. The Hall–Kier alpha value is -2.07. The third-order valence-corrected chi connectivity index (χ3v) is 7.09. The number of hydrogen-bond donors (Lipinski definition) is 2. The zero-order chi connectivity index (χ0) is 19.6. The molecule has 0 aromatic carbocycles. The molecule has 2 aliphatic rings. The van der Waals surface area contributed by atoms with Gasteiger partial charge in [-0.25, -0.2) is 0 Å². The van der Waals surface area contributed by atoms with E-state index in [2.05, 4.69) is 5.32 Å². The van der Waals surface area contributed by atoms with Gasteiger partial charge in [-0.2, -0.15) is 0 Å². The highest BCUT2D eigenvalue weighted by Gasteiger charge is 2.57. The Kier molecular flexibility index (Phi) is 5.75. The normalized spacial score (nSPS) is 26.7. The second-order valence-electron chi connectivity index (χ2n) is 6.57. The smallest absolute Gasteiger partial charge is 0.315 e. The van der Waals surface area contributed by atoms with Crippen LogP contribution in [-0.2, 0) is 30.3 Å². The van der Waals surface area contributed by atoms with E-state index in [1.165, 1.54) is 28.0 Å². The SMILES string of the molecule is CCC(=O)OCC1(C(=O)O)CS[C@@H]2C(NC(=O)Cc3cccs3)C(=O)N2C1. The number of nitrogens with zero attached hydrogens (tertiary/aromatic N) is 1.